The molecule has 1 heterocycles. The van der Waals surface area contributed by atoms with Crippen molar-refractivity contribution in [1.29, 1.82) is 0 Å². The number of benzene rings is 2. The highest BCUT2D eigenvalue weighted by molar-refractivity contribution is 6.18. The molecule has 2 aromatic carbocycles. The fourth-order valence-electron chi connectivity index (χ4n) is 2.84. The fourth-order valence-corrected chi connectivity index (χ4v) is 2.84. The van der Waals surface area contributed by atoms with Gasteiger partial charge in [0.2, 0.25) is 0 Å². The summed E-state index contributed by atoms with van der Waals surface area (Å²) < 4.78 is 5.38. The Balaban J connectivity index is 1.75. The summed E-state index contributed by atoms with van der Waals surface area (Å²) in [6, 6.07) is 13.6. The van der Waals surface area contributed by atoms with Gasteiger partial charge in [0, 0.05) is 11.8 Å². The third-order valence-electron chi connectivity index (χ3n) is 4.20. The number of amides is 3. The van der Waals surface area contributed by atoms with E-state index in [-0.39, 0.29) is 24.8 Å². The van der Waals surface area contributed by atoms with Gasteiger partial charge in [0.25, 0.3) is 17.7 Å². The van der Waals surface area contributed by atoms with E-state index in [1.54, 1.807) is 48.5 Å². The Hall–Kier alpha value is -3.65. The van der Waals surface area contributed by atoms with Crippen LogP contribution in [0, 0.1) is 0 Å². The third kappa shape index (κ3) is 4.61. The zero-order valence-electron chi connectivity index (χ0n) is 15.8. The van der Waals surface area contributed by atoms with Crippen LogP contribution in [0.2, 0.25) is 0 Å². The maximum atomic E-state index is 12.7. The first-order chi connectivity index (χ1) is 14.0. The molecule has 150 valence electrons. The van der Waals surface area contributed by atoms with Crippen molar-refractivity contribution in [3.05, 3.63) is 65.9 Å². The van der Waals surface area contributed by atoms with Crippen LogP contribution in [-0.4, -0.2) is 47.5 Å². The summed E-state index contributed by atoms with van der Waals surface area (Å²) in [6.45, 7) is 2.04. The molecule has 0 saturated heterocycles. The van der Waals surface area contributed by atoms with Crippen LogP contribution in [-0.2, 0) is 9.59 Å². The largest absolute Gasteiger partial charge is 0.494 e. The lowest BCUT2D eigenvalue weighted by Crippen LogP contribution is -2.34. The third-order valence-corrected chi connectivity index (χ3v) is 4.20. The number of ether oxygens (including phenoxy) is 1. The maximum absolute atomic E-state index is 12.7. The lowest BCUT2D eigenvalue weighted by atomic mass is 10.1. The van der Waals surface area contributed by atoms with Gasteiger partial charge in [-0.1, -0.05) is 12.1 Å². The first kappa shape index (κ1) is 20.1. The van der Waals surface area contributed by atoms with Crippen molar-refractivity contribution in [2.45, 2.75) is 6.92 Å². The van der Waals surface area contributed by atoms with Gasteiger partial charge in [0.15, 0.2) is 0 Å². The van der Waals surface area contributed by atoms with E-state index >= 15 is 0 Å². The van der Waals surface area contributed by atoms with Gasteiger partial charge in [0.1, 0.15) is 11.4 Å². The van der Waals surface area contributed by atoms with E-state index in [1.165, 1.54) is 0 Å². The molecule has 2 aromatic rings. The SMILES string of the molecule is CCOc1ccc(NC(=O)c2ccccc2NC2=CC(=O)N(CCO)C2=O)cc1. The molecule has 3 amide bonds. The summed E-state index contributed by atoms with van der Waals surface area (Å²) in [4.78, 5) is 37.9. The molecule has 0 unspecified atom stereocenters. The standard InChI is InChI=1S/C21H21N3O5/c1-2-29-15-9-7-14(8-10-15)22-20(27)16-5-3-4-6-17(16)23-18-13-19(26)24(11-12-25)21(18)28/h3-10,13,23,25H,2,11-12H2,1H3,(H,22,27). The Morgan fingerprint density at radius 3 is 2.52 bits per heavy atom. The van der Waals surface area contributed by atoms with Gasteiger partial charge in [-0.05, 0) is 43.3 Å². The Bertz CT molecular complexity index is 953. The maximum Gasteiger partial charge on any atom is 0.277 e. The first-order valence-corrected chi connectivity index (χ1v) is 9.12. The summed E-state index contributed by atoms with van der Waals surface area (Å²) in [5, 5.41) is 14.6. The van der Waals surface area contributed by atoms with E-state index < -0.39 is 11.8 Å². The second-order valence-electron chi connectivity index (χ2n) is 6.16. The number of β-amino-alcohol motifs (C(OH)–C–C–N with tert-alkyl or cyclic N) is 1. The Morgan fingerprint density at radius 2 is 1.83 bits per heavy atom. The van der Waals surface area contributed by atoms with Gasteiger partial charge in [-0.25, -0.2) is 0 Å². The van der Waals surface area contributed by atoms with E-state index in [1.807, 2.05) is 6.92 Å². The van der Waals surface area contributed by atoms with Crippen molar-refractivity contribution in [3.8, 4) is 5.75 Å². The molecule has 0 aromatic heterocycles. The normalized spacial score (nSPS) is 13.3. The van der Waals surface area contributed by atoms with Crippen LogP contribution in [0.5, 0.6) is 5.75 Å². The Labute approximate surface area is 167 Å². The summed E-state index contributed by atoms with van der Waals surface area (Å²) in [5.74, 6) is -0.730. The minimum atomic E-state index is -0.550. The number of nitrogens with zero attached hydrogens (tertiary/aromatic N) is 1. The van der Waals surface area contributed by atoms with E-state index in [9.17, 15) is 14.4 Å². The summed E-state index contributed by atoms with van der Waals surface area (Å²) in [6.07, 6.45) is 1.15. The summed E-state index contributed by atoms with van der Waals surface area (Å²) in [7, 11) is 0. The number of aliphatic hydroxyl groups excluding tert-OH is 1. The highest BCUT2D eigenvalue weighted by atomic mass is 16.5. The smallest absolute Gasteiger partial charge is 0.277 e. The molecule has 0 radical (unpaired) electrons. The highest BCUT2D eigenvalue weighted by Gasteiger charge is 2.31. The van der Waals surface area contributed by atoms with Crippen molar-refractivity contribution in [2.24, 2.45) is 0 Å². The molecule has 0 bridgehead atoms. The number of hydrogen-bond acceptors (Lipinski definition) is 6. The monoisotopic (exact) mass is 395 g/mol. The number of nitrogens with one attached hydrogen (secondary N) is 2. The fraction of sp³-hybridized carbons (Fsp3) is 0.190. The quantitative estimate of drug-likeness (QED) is 0.590. The molecule has 8 nitrogen and oxygen atoms in total. The Morgan fingerprint density at radius 1 is 1.10 bits per heavy atom. The molecule has 3 rings (SSSR count). The molecule has 8 heteroatoms. The van der Waals surface area contributed by atoms with Crippen LogP contribution < -0.4 is 15.4 Å². The first-order valence-electron chi connectivity index (χ1n) is 9.12. The molecule has 0 fully saturated rings. The van der Waals surface area contributed by atoms with E-state index in [2.05, 4.69) is 10.6 Å². The lowest BCUT2D eigenvalue weighted by Gasteiger charge is -2.15. The molecule has 0 spiro atoms. The van der Waals surface area contributed by atoms with Crippen molar-refractivity contribution in [3.63, 3.8) is 0 Å². The van der Waals surface area contributed by atoms with Crippen LogP contribution in [0.1, 0.15) is 17.3 Å². The summed E-state index contributed by atoms with van der Waals surface area (Å²) in [5.41, 5.74) is 1.33. The molecule has 1 aliphatic heterocycles. The van der Waals surface area contributed by atoms with Gasteiger partial charge in [-0.2, -0.15) is 0 Å². The van der Waals surface area contributed by atoms with E-state index in [0.29, 0.717) is 29.3 Å². The van der Waals surface area contributed by atoms with Crippen LogP contribution in [0.3, 0.4) is 0 Å². The van der Waals surface area contributed by atoms with Crippen LogP contribution >= 0.6 is 0 Å². The second kappa shape index (κ2) is 9.03. The number of aliphatic hydroxyl groups is 1. The van der Waals surface area contributed by atoms with Gasteiger partial charge in [-0.15, -0.1) is 0 Å². The number of rotatable bonds is 8. The number of imide groups is 1. The molecule has 0 saturated carbocycles. The molecular weight excluding hydrogens is 374 g/mol. The van der Waals surface area contributed by atoms with Crippen molar-refractivity contribution >= 4 is 29.1 Å². The Kier molecular flexibility index (Phi) is 6.25. The molecular formula is C21H21N3O5. The van der Waals surface area contributed by atoms with Gasteiger partial charge < -0.3 is 20.5 Å². The van der Waals surface area contributed by atoms with Crippen LogP contribution in [0.4, 0.5) is 11.4 Å². The lowest BCUT2D eigenvalue weighted by molar-refractivity contribution is -0.137. The molecule has 0 aliphatic carbocycles. The minimum absolute atomic E-state index is 0.0461. The zero-order chi connectivity index (χ0) is 20.8. The minimum Gasteiger partial charge on any atom is -0.494 e. The number of anilines is 2. The predicted octanol–water partition coefficient (Wildman–Crippen LogP) is 1.99. The predicted molar refractivity (Wildman–Crippen MR) is 108 cm³/mol. The molecule has 3 N–H and O–H groups in total. The van der Waals surface area contributed by atoms with Crippen LogP contribution in [0.15, 0.2) is 60.3 Å². The van der Waals surface area contributed by atoms with Crippen molar-refractivity contribution < 1.29 is 24.2 Å². The van der Waals surface area contributed by atoms with E-state index in [0.717, 1.165) is 11.0 Å². The molecule has 0 atom stereocenters. The zero-order valence-corrected chi connectivity index (χ0v) is 15.8. The number of hydrogen-bond donors (Lipinski definition) is 3. The van der Waals surface area contributed by atoms with Crippen molar-refractivity contribution in [1.82, 2.24) is 4.90 Å². The van der Waals surface area contributed by atoms with Crippen LogP contribution in [0.25, 0.3) is 0 Å². The van der Waals surface area contributed by atoms with Crippen molar-refractivity contribution in [2.75, 3.05) is 30.4 Å². The van der Waals surface area contributed by atoms with Gasteiger partial charge >= 0.3 is 0 Å². The average molecular weight is 395 g/mol. The van der Waals surface area contributed by atoms with Gasteiger partial charge in [0.05, 0.1) is 31.0 Å². The topological polar surface area (TPSA) is 108 Å². The van der Waals surface area contributed by atoms with Gasteiger partial charge in [-0.3, -0.25) is 19.3 Å². The molecule has 1 aliphatic rings. The number of carbonyl (C=O) groups excluding carboxylic acids is 3. The summed E-state index contributed by atoms with van der Waals surface area (Å²) >= 11 is 0. The number of para-hydroxylation sites is 1. The average Bonchev–Trinajstić information content (AvgIpc) is 2.98. The van der Waals surface area contributed by atoms with E-state index in [4.69, 9.17) is 9.84 Å². The molecule has 29 heavy (non-hydrogen) atoms. The highest BCUT2D eigenvalue weighted by Crippen LogP contribution is 2.23. The number of carbonyl (C=O) groups is 3. The second-order valence-corrected chi connectivity index (χ2v) is 6.16.